The fourth-order valence-corrected chi connectivity index (χ4v) is 4.69. The number of primary sulfonamides is 1. The van der Waals surface area contributed by atoms with Crippen molar-refractivity contribution in [2.45, 2.75) is 25.2 Å². The number of thiazole rings is 1. The van der Waals surface area contributed by atoms with E-state index in [0.717, 1.165) is 33.1 Å². The molecule has 0 aliphatic rings. The molecule has 28 heavy (non-hydrogen) atoms. The SMILES string of the molecule is CC(C)Cc1ccc(S(N)(=O)=O)cc1Nc1nc2c(ccc3c2cnn3C)s1. The quantitative estimate of drug-likeness (QED) is 0.516. The molecule has 0 bridgehead atoms. The Morgan fingerprint density at radius 3 is 2.75 bits per heavy atom. The summed E-state index contributed by atoms with van der Waals surface area (Å²) in [7, 11) is -1.88. The van der Waals surface area contributed by atoms with E-state index in [1.54, 1.807) is 12.1 Å². The van der Waals surface area contributed by atoms with Gasteiger partial charge in [0.15, 0.2) is 5.13 Å². The van der Waals surface area contributed by atoms with Crippen LogP contribution in [0, 0.1) is 5.92 Å². The Balaban J connectivity index is 1.79. The normalized spacial score (nSPS) is 12.3. The predicted octanol–water partition coefficient (Wildman–Crippen LogP) is 3.77. The number of sulfonamides is 1. The minimum absolute atomic E-state index is 0.0817. The zero-order valence-electron chi connectivity index (χ0n) is 15.8. The molecule has 0 aliphatic carbocycles. The van der Waals surface area contributed by atoms with E-state index >= 15 is 0 Å². The third-order valence-electron chi connectivity index (χ3n) is 4.57. The van der Waals surface area contributed by atoms with Crippen LogP contribution >= 0.6 is 11.3 Å². The molecular formula is C19H21N5O2S2. The molecule has 0 saturated carbocycles. The van der Waals surface area contributed by atoms with E-state index in [9.17, 15) is 8.42 Å². The molecule has 0 saturated heterocycles. The summed E-state index contributed by atoms with van der Waals surface area (Å²) in [6.45, 7) is 4.24. The Hall–Kier alpha value is -2.49. The zero-order valence-corrected chi connectivity index (χ0v) is 17.4. The topological polar surface area (TPSA) is 103 Å². The number of benzene rings is 2. The molecule has 2 aromatic carbocycles. The monoisotopic (exact) mass is 415 g/mol. The van der Waals surface area contributed by atoms with Crippen LogP contribution in [0.5, 0.6) is 0 Å². The maximum absolute atomic E-state index is 11.8. The molecule has 0 atom stereocenters. The fourth-order valence-electron chi connectivity index (χ4n) is 3.25. The van der Waals surface area contributed by atoms with Crippen LogP contribution in [0.15, 0.2) is 41.4 Å². The van der Waals surface area contributed by atoms with Crippen LogP contribution < -0.4 is 10.5 Å². The van der Waals surface area contributed by atoms with E-state index in [4.69, 9.17) is 10.1 Å². The highest BCUT2D eigenvalue weighted by Gasteiger charge is 2.15. The van der Waals surface area contributed by atoms with Crippen molar-refractivity contribution in [1.82, 2.24) is 14.8 Å². The van der Waals surface area contributed by atoms with Gasteiger partial charge in [0.05, 0.1) is 26.8 Å². The first-order chi connectivity index (χ1) is 13.2. The summed E-state index contributed by atoms with van der Waals surface area (Å²) in [5.74, 6) is 0.422. The first-order valence-electron chi connectivity index (χ1n) is 8.86. The van der Waals surface area contributed by atoms with Crippen LogP contribution in [0.4, 0.5) is 10.8 Å². The molecule has 146 valence electrons. The number of fused-ring (bicyclic) bond motifs is 3. The lowest BCUT2D eigenvalue weighted by Gasteiger charge is -2.13. The van der Waals surface area contributed by atoms with Crippen molar-refractivity contribution in [3.05, 3.63) is 42.1 Å². The predicted molar refractivity (Wildman–Crippen MR) is 114 cm³/mol. The number of rotatable bonds is 5. The molecular weight excluding hydrogens is 394 g/mol. The van der Waals surface area contributed by atoms with Crippen LogP contribution in [0.2, 0.25) is 0 Å². The Bertz CT molecular complexity index is 1290. The van der Waals surface area contributed by atoms with Crippen LogP contribution in [0.1, 0.15) is 19.4 Å². The molecule has 9 heteroatoms. The van der Waals surface area contributed by atoms with Crippen molar-refractivity contribution in [1.29, 1.82) is 0 Å². The largest absolute Gasteiger partial charge is 0.331 e. The van der Waals surface area contributed by atoms with Gasteiger partial charge < -0.3 is 5.32 Å². The smallest absolute Gasteiger partial charge is 0.238 e. The molecule has 0 spiro atoms. The molecule has 0 unspecified atom stereocenters. The molecule has 3 N–H and O–H groups in total. The molecule has 4 aromatic rings. The van der Waals surface area contributed by atoms with Gasteiger partial charge in [0.25, 0.3) is 0 Å². The molecule has 0 fully saturated rings. The molecule has 0 aliphatic heterocycles. The summed E-state index contributed by atoms with van der Waals surface area (Å²) in [5, 5.41) is 14.6. The highest BCUT2D eigenvalue weighted by Crippen LogP contribution is 2.34. The van der Waals surface area contributed by atoms with E-state index in [1.165, 1.54) is 11.3 Å². The minimum Gasteiger partial charge on any atom is -0.331 e. The van der Waals surface area contributed by atoms with Gasteiger partial charge >= 0.3 is 0 Å². The van der Waals surface area contributed by atoms with Gasteiger partial charge in [-0.05, 0) is 42.2 Å². The number of hydrogen-bond donors (Lipinski definition) is 2. The highest BCUT2D eigenvalue weighted by molar-refractivity contribution is 7.89. The second kappa shape index (κ2) is 6.84. The Morgan fingerprint density at radius 1 is 1.25 bits per heavy atom. The van der Waals surface area contributed by atoms with Gasteiger partial charge in [0.2, 0.25) is 10.0 Å². The lowest BCUT2D eigenvalue weighted by atomic mass is 10.0. The number of nitrogens with one attached hydrogen (secondary N) is 1. The molecule has 2 heterocycles. The summed E-state index contributed by atoms with van der Waals surface area (Å²) in [6.07, 6.45) is 2.62. The summed E-state index contributed by atoms with van der Waals surface area (Å²) in [5.41, 5.74) is 3.63. The first kappa shape index (κ1) is 18.9. The molecule has 4 rings (SSSR count). The number of nitrogens with zero attached hydrogens (tertiary/aromatic N) is 3. The van der Waals surface area contributed by atoms with Crippen molar-refractivity contribution < 1.29 is 8.42 Å². The average molecular weight is 416 g/mol. The van der Waals surface area contributed by atoms with E-state index in [0.29, 0.717) is 16.7 Å². The molecule has 0 radical (unpaired) electrons. The summed E-state index contributed by atoms with van der Waals surface area (Å²) < 4.78 is 26.4. The van der Waals surface area contributed by atoms with Crippen LogP contribution in [0.3, 0.4) is 0 Å². The second-order valence-corrected chi connectivity index (χ2v) is 9.81. The van der Waals surface area contributed by atoms with Crippen molar-refractivity contribution in [3.8, 4) is 0 Å². The Labute approximate surface area is 167 Å². The molecule has 7 nitrogen and oxygen atoms in total. The van der Waals surface area contributed by atoms with Crippen LogP contribution in [-0.2, 0) is 23.5 Å². The van der Waals surface area contributed by atoms with Gasteiger partial charge in [-0.3, -0.25) is 4.68 Å². The van der Waals surface area contributed by atoms with E-state index in [-0.39, 0.29) is 4.90 Å². The van der Waals surface area contributed by atoms with Crippen molar-refractivity contribution >= 4 is 53.3 Å². The fraction of sp³-hybridized carbons (Fsp3) is 0.263. The summed E-state index contributed by atoms with van der Waals surface area (Å²) in [4.78, 5) is 4.82. The molecule has 2 aromatic heterocycles. The highest BCUT2D eigenvalue weighted by atomic mass is 32.2. The maximum atomic E-state index is 11.8. The van der Waals surface area contributed by atoms with E-state index in [2.05, 4.69) is 24.3 Å². The summed E-state index contributed by atoms with van der Waals surface area (Å²) in [6, 6.07) is 9.00. The zero-order chi connectivity index (χ0) is 20.1. The average Bonchev–Trinajstić information content (AvgIpc) is 3.18. The van der Waals surface area contributed by atoms with Gasteiger partial charge in [-0.25, -0.2) is 18.5 Å². The standard InChI is InChI=1S/C19H21N5O2S2/c1-11(2)8-12-4-5-13(28(20,25)26)9-15(12)22-19-23-18-14-10-21-24(3)16(14)6-7-17(18)27-19/h4-7,9-11H,8H2,1-3H3,(H,22,23)(H2,20,25,26). The Kier molecular flexibility index (Phi) is 4.60. The first-order valence-corrected chi connectivity index (χ1v) is 11.2. The van der Waals surface area contributed by atoms with Crippen LogP contribution in [0.25, 0.3) is 21.1 Å². The van der Waals surface area contributed by atoms with Gasteiger partial charge in [-0.2, -0.15) is 5.10 Å². The summed E-state index contributed by atoms with van der Waals surface area (Å²) >= 11 is 1.52. The Morgan fingerprint density at radius 2 is 2.04 bits per heavy atom. The van der Waals surface area contributed by atoms with Crippen molar-refractivity contribution in [2.75, 3.05) is 5.32 Å². The van der Waals surface area contributed by atoms with E-state index in [1.807, 2.05) is 36.1 Å². The number of aromatic nitrogens is 3. The maximum Gasteiger partial charge on any atom is 0.238 e. The number of hydrogen-bond acceptors (Lipinski definition) is 6. The van der Waals surface area contributed by atoms with Crippen molar-refractivity contribution in [3.63, 3.8) is 0 Å². The van der Waals surface area contributed by atoms with Gasteiger partial charge in [-0.15, -0.1) is 0 Å². The van der Waals surface area contributed by atoms with Gasteiger partial charge in [0, 0.05) is 18.1 Å². The van der Waals surface area contributed by atoms with Gasteiger partial charge in [0.1, 0.15) is 0 Å². The lowest BCUT2D eigenvalue weighted by Crippen LogP contribution is -2.13. The third-order valence-corrected chi connectivity index (χ3v) is 6.41. The number of anilines is 2. The van der Waals surface area contributed by atoms with Crippen LogP contribution in [-0.4, -0.2) is 23.2 Å². The molecule has 0 amide bonds. The van der Waals surface area contributed by atoms with Crippen molar-refractivity contribution in [2.24, 2.45) is 18.1 Å². The third kappa shape index (κ3) is 3.48. The van der Waals surface area contributed by atoms with Gasteiger partial charge in [-0.1, -0.05) is 31.3 Å². The van der Waals surface area contributed by atoms with E-state index < -0.39 is 10.0 Å². The minimum atomic E-state index is -3.78. The lowest BCUT2D eigenvalue weighted by molar-refractivity contribution is 0.597. The number of nitrogens with two attached hydrogens (primary N) is 1. The number of aryl methyl sites for hydroxylation is 1. The second-order valence-electron chi connectivity index (χ2n) is 7.22.